The van der Waals surface area contributed by atoms with E-state index in [0.29, 0.717) is 16.9 Å². The number of rotatable bonds is 8. The summed E-state index contributed by atoms with van der Waals surface area (Å²) in [5.41, 5.74) is 0.802. The fourth-order valence-electron chi connectivity index (χ4n) is 2.94. The molecule has 28 heavy (non-hydrogen) atoms. The van der Waals surface area contributed by atoms with E-state index >= 15 is 0 Å². The van der Waals surface area contributed by atoms with Crippen LogP contribution in [0.1, 0.15) is 29.8 Å². The van der Waals surface area contributed by atoms with E-state index in [4.69, 9.17) is 0 Å². The van der Waals surface area contributed by atoms with Crippen LogP contribution in [0.3, 0.4) is 0 Å². The van der Waals surface area contributed by atoms with Gasteiger partial charge in [0, 0.05) is 30.2 Å². The van der Waals surface area contributed by atoms with Crippen molar-refractivity contribution in [3.8, 4) is 5.75 Å². The van der Waals surface area contributed by atoms with Crippen LogP contribution in [0.5, 0.6) is 5.75 Å². The number of anilines is 3. The largest absolute Gasteiger partial charge is 0.505 e. The molecule has 0 aliphatic rings. The van der Waals surface area contributed by atoms with Gasteiger partial charge in [-0.2, -0.15) is 0 Å². The smallest absolute Gasteiger partial charge is 0.253 e. The van der Waals surface area contributed by atoms with E-state index < -0.39 is 10.9 Å². The molecule has 6 nitrogen and oxygen atoms in total. The van der Waals surface area contributed by atoms with Crippen LogP contribution < -0.4 is 21.5 Å². The SMILES string of the molecule is C=C(c1cccc(Nc2c(N[C@@H](CC)c3cccs3)c(=O)c2=O)c1O)N(C)C. The third-order valence-corrected chi connectivity index (χ3v) is 5.66. The van der Waals surface area contributed by atoms with Crippen molar-refractivity contribution in [2.45, 2.75) is 19.4 Å². The molecule has 3 rings (SSSR count). The van der Waals surface area contributed by atoms with Crippen molar-refractivity contribution in [3.05, 3.63) is 73.2 Å². The van der Waals surface area contributed by atoms with Crippen molar-refractivity contribution < 1.29 is 5.11 Å². The lowest BCUT2D eigenvalue weighted by Crippen LogP contribution is -2.37. The summed E-state index contributed by atoms with van der Waals surface area (Å²) in [5.74, 6) is -0.0227. The second-order valence-electron chi connectivity index (χ2n) is 6.70. The molecular weight excluding hydrogens is 374 g/mol. The molecule has 2 aromatic carbocycles. The normalized spacial score (nSPS) is 12.0. The number of phenols is 1. The maximum absolute atomic E-state index is 12.2. The van der Waals surface area contributed by atoms with Crippen LogP contribution >= 0.6 is 11.3 Å². The average Bonchev–Trinajstić information content (AvgIpc) is 3.22. The molecule has 0 unspecified atom stereocenters. The minimum absolute atomic E-state index is 0.0227. The maximum Gasteiger partial charge on any atom is 0.253 e. The van der Waals surface area contributed by atoms with Gasteiger partial charge < -0.3 is 20.6 Å². The quantitative estimate of drug-likeness (QED) is 0.395. The highest BCUT2D eigenvalue weighted by atomic mass is 32.1. The number of phenolic OH excluding ortho intramolecular Hbond substituents is 1. The molecule has 0 saturated heterocycles. The summed E-state index contributed by atoms with van der Waals surface area (Å²) in [7, 11) is 3.66. The van der Waals surface area contributed by atoms with Crippen molar-refractivity contribution in [1.82, 2.24) is 4.90 Å². The molecule has 0 aliphatic carbocycles. The van der Waals surface area contributed by atoms with Crippen LogP contribution in [0.4, 0.5) is 17.1 Å². The second kappa shape index (κ2) is 7.90. The minimum Gasteiger partial charge on any atom is -0.505 e. The molecule has 0 spiro atoms. The van der Waals surface area contributed by atoms with Crippen LogP contribution in [0.25, 0.3) is 5.70 Å². The summed E-state index contributed by atoms with van der Waals surface area (Å²) in [6.45, 7) is 5.97. The third kappa shape index (κ3) is 3.53. The molecule has 0 bridgehead atoms. The van der Waals surface area contributed by atoms with E-state index in [1.165, 1.54) is 0 Å². The number of nitrogens with one attached hydrogen (secondary N) is 2. The summed E-state index contributed by atoms with van der Waals surface area (Å²) in [6.07, 6.45) is 0.766. The molecule has 1 aromatic heterocycles. The number of para-hydroxylation sites is 1. The molecule has 3 N–H and O–H groups in total. The number of benzene rings is 1. The molecule has 0 aliphatic heterocycles. The number of hydrogen-bond donors (Lipinski definition) is 3. The lowest BCUT2D eigenvalue weighted by Gasteiger charge is -2.22. The number of aromatic hydroxyl groups is 1. The minimum atomic E-state index is -0.597. The van der Waals surface area contributed by atoms with Crippen LogP contribution in [-0.2, 0) is 0 Å². The lowest BCUT2D eigenvalue weighted by atomic mass is 10.1. The first-order valence-electron chi connectivity index (χ1n) is 8.94. The lowest BCUT2D eigenvalue weighted by molar-refractivity contribution is 0.472. The fourth-order valence-corrected chi connectivity index (χ4v) is 3.80. The molecule has 146 valence electrons. The van der Waals surface area contributed by atoms with E-state index in [1.807, 2.05) is 38.5 Å². The van der Waals surface area contributed by atoms with Crippen LogP contribution in [0.15, 0.2) is 51.9 Å². The molecule has 0 fully saturated rings. The van der Waals surface area contributed by atoms with Gasteiger partial charge in [-0.3, -0.25) is 9.59 Å². The molecule has 0 radical (unpaired) electrons. The van der Waals surface area contributed by atoms with E-state index in [0.717, 1.165) is 11.3 Å². The Bertz CT molecular complexity index is 1060. The van der Waals surface area contributed by atoms with Gasteiger partial charge in [-0.05, 0) is 30.0 Å². The molecule has 7 heteroatoms. The number of hydrogen-bond acceptors (Lipinski definition) is 7. The van der Waals surface area contributed by atoms with Crippen molar-refractivity contribution in [2.75, 3.05) is 24.7 Å². The highest BCUT2D eigenvalue weighted by Gasteiger charge is 2.25. The standard InChI is InChI=1S/C21H23N3O3S/c1-5-14(16-10-7-11-28-16)22-17-18(21(27)20(17)26)23-15-9-6-8-13(19(15)25)12(2)24(3)4/h6-11,14,22-23,25H,2,5H2,1,3-4H3/t14-/m0/s1. The summed E-state index contributed by atoms with van der Waals surface area (Å²) >= 11 is 1.59. The topological polar surface area (TPSA) is 81.7 Å². The molecule has 3 aromatic rings. The van der Waals surface area contributed by atoms with Gasteiger partial charge in [-0.25, -0.2) is 0 Å². The summed E-state index contributed by atoms with van der Waals surface area (Å²) in [5, 5.41) is 18.7. The zero-order valence-electron chi connectivity index (χ0n) is 16.1. The predicted molar refractivity (Wildman–Crippen MR) is 116 cm³/mol. The average molecular weight is 398 g/mol. The van der Waals surface area contributed by atoms with Crippen LogP contribution in [0.2, 0.25) is 0 Å². The highest BCUT2D eigenvalue weighted by Crippen LogP contribution is 2.36. The molecular formula is C21H23N3O3S. The van der Waals surface area contributed by atoms with Crippen LogP contribution in [-0.4, -0.2) is 24.1 Å². The van der Waals surface area contributed by atoms with Crippen molar-refractivity contribution in [3.63, 3.8) is 0 Å². The Balaban J connectivity index is 1.90. The van der Waals surface area contributed by atoms with Crippen LogP contribution in [0, 0.1) is 0 Å². The van der Waals surface area contributed by atoms with Gasteiger partial charge in [-0.15, -0.1) is 11.3 Å². The Kier molecular flexibility index (Phi) is 5.56. The van der Waals surface area contributed by atoms with Crippen molar-refractivity contribution >= 4 is 34.1 Å². The predicted octanol–water partition coefficient (Wildman–Crippen LogP) is 3.89. The van der Waals surface area contributed by atoms with Crippen molar-refractivity contribution in [1.29, 1.82) is 0 Å². The zero-order valence-corrected chi connectivity index (χ0v) is 16.9. The number of nitrogens with zero attached hydrogens (tertiary/aromatic N) is 1. The maximum atomic E-state index is 12.2. The molecule has 0 saturated carbocycles. The van der Waals surface area contributed by atoms with E-state index in [2.05, 4.69) is 17.2 Å². The first kappa shape index (κ1) is 19.7. The zero-order chi connectivity index (χ0) is 20.4. The van der Waals surface area contributed by atoms with E-state index in [1.54, 1.807) is 34.4 Å². The molecule has 1 atom stereocenters. The summed E-state index contributed by atoms with van der Waals surface area (Å²) in [4.78, 5) is 27.2. The Morgan fingerprint density at radius 3 is 2.50 bits per heavy atom. The van der Waals surface area contributed by atoms with Gasteiger partial charge in [0.05, 0.1) is 11.7 Å². The fraction of sp³-hybridized carbons (Fsp3) is 0.238. The summed E-state index contributed by atoms with van der Waals surface area (Å²) in [6, 6.07) is 9.04. The first-order valence-corrected chi connectivity index (χ1v) is 9.81. The second-order valence-corrected chi connectivity index (χ2v) is 7.68. The Labute approximate surface area is 167 Å². The summed E-state index contributed by atoms with van der Waals surface area (Å²) < 4.78 is 0. The van der Waals surface area contributed by atoms with Gasteiger partial charge in [0.15, 0.2) is 0 Å². The number of thiophene rings is 1. The molecule has 1 heterocycles. The van der Waals surface area contributed by atoms with Gasteiger partial charge in [0.2, 0.25) is 0 Å². The third-order valence-electron chi connectivity index (χ3n) is 4.67. The monoisotopic (exact) mass is 397 g/mol. The Hall–Kier alpha value is -3.06. The highest BCUT2D eigenvalue weighted by molar-refractivity contribution is 7.10. The van der Waals surface area contributed by atoms with Gasteiger partial charge in [0.25, 0.3) is 10.9 Å². The molecule has 0 amide bonds. The van der Waals surface area contributed by atoms with Gasteiger partial charge in [0.1, 0.15) is 17.1 Å². The Morgan fingerprint density at radius 2 is 1.89 bits per heavy atom. The van der Waals surface area contributed by atoms with Gasteiger partial charge in [-0.1, -0.05) is 25.6 Å². The van der Waals surface area contributed by atoms with E-state index in [9.17, 15) is 14.7 Å². The van der Waals surface area contributed by atoms with Crippen molar-refractivity contribution in [2.24, 2.45) is 0 Å². The first-order chi connectivity index (χ1) is 13.3. The van der Waals surface area contributed by atoms with Gasteiger partial charge >= 0.3 is 0 Å². The Morgan fingerprint density at radius 1 is 1.18 bits per heavy atom. The van der Waals surface area contributed by atoms with E-state index in [-0.39, 0.29) is 23.2 Å².